The van der Waals surface area contributed by atoms with Crippen LogP contribution in [0.15, 0.2) is 27.4 Å². The third kappa shape index (κ3) is 5.69. The number of aryl methyl sites for hydroxylation is 1. The molecule has 2 N–H and O–H groups in total. The maximum atomic E-state index is 12.7. The summed E-state index contributed by atoms with van der Waals surface area (Å²) in [5, 5.41) is 13.4. The molecule has 0 aliphatic rings. The van der Waals surface area contributed by atoms with Gasteiger partial charge in [0, 0.05) is 37.1 Å². The number of carbonyl (C=O) groups excluding carboxylic acids is 1. The molecule has 0 spiro atoms. The summed E-state index contributed by atoms with van der Waals surface area (Å²) in [6.07, 6.45) is -0.110. The van der Waals surface area contributed by atoms with Gasteiger partial charge < -0.3 is 34.0 Å². The average Bonchev–Trinajstić information content (AvgIpc) is 2.70. The number of rotatable bonds is 10. The zero-order valence-corrected chi connectivity index (χ0v) is 18.8. The van der Waals surface area contributed by atoms with Gasteiger partial charge in [-0.3, -0.25) is 4.79 Å². The largest absolute Gasteiger partial charge is 0.507 e. The number of nitrogens with one attached hydrogen (secondary N) is 1. The molecule has 2 aromatic rings. The van der Waals surface area contributed by atoms with Crippen molar-refractivity contribution in [2.75, 3.05) is 48.5 Å². The second-order valence-electron chi connectivity index (χ2n) is 7.28. The number of hydrogen-bond acceptors (Lipinski definition) is 8. The van der Waals surface area contributed by atoms with Crippen molar-refractivity contribution >= 4 is 5.91 Å². The number of carbonyl (C=O) groups is 1. The third-order valence-electron chi connectivity index (χ3n) is 4.82. The molecule has 1 aromatic carbocycles. The summed E-state index contributed by atoms with van der Waals surface area (Å²) in [4.78, 5) is 27.3. The van der Waals surface area contributed by atoms with Crippen LogP contribution in [0.25, 0.3) is 0 Å². The fourth-order valence-corrected chi connectivity index (χ4v) is 3.37. The Labute approximate surface area is 181 Å². The van der Waals surface area contributed by atoms with Crippen LogP contribution in [0, 0.1) is 6.92 Å². The standard InChI is InChI=1S/C22H30N2O7/c1-13-11-16(25)19(22(27)31-13)15(12-18(26)23-9-10-24(2)3)14-7-8-17(28-4)21(30-6)20(14)29-5/h7-8,11,15,25H,9-10,12H2,1-6H3,(H,23,26). The van der Waals surface area contributed by atoms with E-state index in [4.69, 9.17) is 18.6 Å². The quantitative estimate of drug-likeness (QED) is 0.583. The predicted octanol–water partition coefficient (Wildman–Crippen LogP) is 1.88. The fraction of sp³-hybridized carbons (Fsp3) is 0.455. The minimum atomic E-state index is -0.842. The van der Waals surface area contributed by atoms with Gasteiger partial charge in [-0.25, -0.2) is 4.79 Å². The lowest BCUT2D eigenvalue weighted by atomic mass is 9.87. The van der Waals surface area contributed by atoms with Crippen molar-refractivity contribution in [3.63, 3.8) is 0 Å². The molecule has 0 aliphatic carbocycles. The molecule has 2 rings (SSSR count). The highest BCUT2D eigenvalue weighted by molar-refractivity contribution is 5.78. The molecule has 9 heteroatoms. The van der Waals surface area contributed by atoms with Crippen LogP contribution >= 0.6 is 0 Å². The van der Waals surface area contributed by atoms with Crippen LogP contribution in [0.5, 0.6) is 23.0 Å². The number of nitrogens with zero attached hydrogens (tertiary/aromatic N) is 1. The minimum Gasteiger partial charge on any atom is -0.507 e. The van der Waals surface area contributed by atoms with E-state index in [1.807, 2.05) is 19.0 Å². The topological polar surface area (TPSA) is 110 Å². The van der Waals surface area contributed by atoms with Gasteiger partial charge >= 0.3 is 5.63 Å². The van der Waals surface area contributed by atoms with Gasteiger partial charge in [-0.1, -0.05) is 6.07 Å². The van der Waals surface area contributed by atoms with Crippen LogP contribution in [-0.4, -0.2) is 64.4 Å². The smallest absolute Gasteiger partial charge is 0.343 e. The van der Waals surface area contributed by atoms with Crippen molar-refractivity contribution in [2.45, 2.75) is 19.3 Å². The fourth-order valence-electron chi connectivity index (χ4n) is 3.37. The molecule has 1 atom stereocenters. The SMILES string of the molecule is COc1ccc(C(CC(=O)NCCN(C)C)c2c(O)cc(C)oc2=O)c(OC)c1OC. The number of hydrogen-bond donors (Lipinski definition) is 2. The average molecular weight is 434 g/mol. The molecule has 0 aliphatic heterocycles. The van der Waals surface area contributed by atoms with E-state index in [1.54, 1.807) is 19.1 Å². The molecular formula is C22H30N2O7. The first-order valence-corrected chi connectivity index (χ1v) is 9.77. The molecule has 0 radical (unpaired) electrons. The van der Waals surface area contributed by atoms with Gasteiger partial charge in [-0.15, -0.1) is 0 Å². The summed E-state index contributed by atoms with van der Waals surface area (Å²) >= 11 is 0. The molecule has 1 aromatic heterocycles. The molecule has 9 nitrogen and oxygen atoms in total. The van der Waals surface area contributed by atoms with Crippen molar-refractivity contribution in [3.05, 3.63) is 45.5 Å². The second kappa shape index (κ2) is 10.7. The highest BCUT2D eigenvalue weighted by atomic mass is 16.5. The molecule has 0 saturated heterocycles. The third-order valence-corrected chi connectivity index (χ3v) is 4.82. The maximum absolute atomic E-state index is 12.7. The van der Waals surface area contributed by atoms with Crippen molar-refractivity contribution in [1.29, 1.82) is 0 Å². The van der Waals surface area contributed by atoms with Crippen molar-refractivity contribution in [2.24, 2.45) is 0 Å². The molecule has 1 amide bonds. The maximum Gasteiger partial charge on any atom is 0.343 e. The Morgan fingerprint density at radius 1 is 1.16 bits per heavy atom. The summed E-state index contributed by atoms with van der Waals surface area (Å²) in [7, 11) is 8.21. The minimum absolute atomic E-state index is 0.0288. The number of likely N-dealkylation sites (N-methyl/N-ethyl adjacent to an activating group) is 1. The Hall–Kier alpha value is -3.20. The Balaban J connectivity index is 2.59. The van der Waals surface area contributed by atoms with Gasteiger partial charge in [0.2, 0.25) is 11.7 Å². The molecule has 31 heavy (non-hydrogen) atoms. The lowest BCUT2D eigenvalue weighted by Crippen LogP contribution is -2.32. The molecule has 0 fully saturated rings. The van der Waals surface area contributed by atoms with E-state index in [0.29, 0.717) is 35.9 Å². The van der Waals surface area contributed by atoms with Crippen LogP contribution < -0.4 is 25.2 Å². The first-order valence-electron chi connectivity index (χ1n) is 9.77. The van der Waals surface area contributed by atoms with Gasteiger partial charge in [-0.05, 0) is 27.1 Å². The van der Waals surface area contributed by atoms with Gasteiger partial charge in [0.15, 0.2) is 11.5 Å². The summed E-state index contributed by atoms with van der Waals surface area (Å²) in [6.45, 7) is 2.66. The summed E-state index contributed by atoms with van der Waals surface area (Å²) < 4.78 is 21.5. The zero-order chi connectivity index (χ0) is 23.1. The van der Waals surface area contributed by atoms with E-state index in [9.17, 15) is 14.7 Å². The highest BCUT2D eigenvalue weighted by Crippen LogP contribution is 2.45. The van der Waals surface area contributed by atoms with Crippen molar-refractivity contribution < 1.29 is 28.5 Å². The first kappa shape index (κ1) is 24.1. The molecule has 1 heterocycles. The normalized spacial score (nSPS) is 11.8. The lowest BCUT2D eigenvalue weighted by Gasteiger charge is -2.22. The molecule has 0 bridgehead atoms. The van der Waals surface area contributed by atoms with Gasteiger partial charge in [0.1, 0.15) is 11.5 Å². The Morgan fingerprint density at radius 3 is 2.39 bits per heavy atom. The molecular weight excluding hydrogens is 404 g/mol. The zero-order valence-electron chi connectivity index (χ0n) is 18.8. The van der Waals surface area contributed by atoms with Crippen LogP contribution in [0.4, 0.5) is 0 Å². The van der Waals surface area contributed by atoms with Crippen molar-refractivity contribution in [1.82, 2.24) is 10.2 Å². The van der Waals surface area contributed by atoms with E-state index in [2.05, 4.69) is 5.32 Å². The van der Waals surface area contributed by atoms with Crippen molar-refractivity contribution in [3.8, 4) is 23.0 Å². The van der Waals surface area contributed by atoms with Gasteiger partial charge in [0.25, 0.3) is 0 Å². The summed E-state index contributed by atoms with van der Waals surface area (Å²) in [6, 6.07) is 4.68. The Kier molecular flexibility index (Phi) is 8.32. The van der Waals surface area contributed by atoms with E-state index >= 15 is 0 Å². The van der Waals surface area contributed by atoms with Crippen LogP contribution in [-0.2, 0) is 4.79 Å². The summed E-state index contributed by atoms with van der Waals surface area (Å²) in [5.41, 5.74) is -0.270. The van der Waals surface area contributed by atoms with E-state index in [-0.39, 0.29) is 29.4 Å². The highest BCUT2D eigenvalue weighted by Gasteiger charge is 2.30. The van der Waals surface area contributed by atoms with Gasteiger partial charge in [0.05, 0.1) is 26.9 Å². The number of aromatic hydroxyl groups is 1. The van der Waals surface area contributed by atoms with Crippen LogP contribution in [0.1, 0.15) is 29.2 Å². The predicted molar refractivity (Wildman–Crippen MR) is 116 cm³/mol. The molecule has 170 valence electrons. The first-order chi connectivity index (χ1) is 14.7. The number of ether oxygens (including phenoxy) is 3. The number of amides is 1. The number of benzene rings is 1. The molecule has 1 unspecified atom stereocenters. The van der Waals surface area contributed by atoms with E-state index in [0.717, 1.165) is 0 Å². The Morgan fingerprint density at radius 2 is 1.84 bits per heavy atom. The van der Waals surface area contributed by atoms with Crippen LogP contribution in [0.2, 0.25) is 0 Å². The van der Waals surface area contributed by atoms with E-state index in [1.165, 1.54) is 27.4 Å². The second-order valence-corrected chi connectivity index (χ2v) is 7.28. The molecule has 0 saturated carbocycles. The van der Waals surface area contributed by atoms with Crippen LogP contribution in [0.3, 0.4) is 0 Å². The summed E-state index contributed by atoms with van der Waals surface area (Å²) in [5.74, 6) is -0.0771. The lowest BCUT2D eigenvalue weighted by molar-refractivity contribution is -0.121. The Bertz CT molecular complexity index is 969. The number of methoxy groups -OCH3 is 3. The van der Waals surface area contributed by atoms with Gasteiger partial charge in [-0.2, -0.15) is 0 Å². The monoisotopic (exact) mass is 434 g/mol. The van der Waals surface area contributed by atoms with E-state index < -0.39 is 11.5 Å².